The molecule has 3 rings (SSSR count). The number of benzene rings is 2. The number of carbonyl (C=O) groups is 1. The number of nitrogens with one attached hydrogen (secondary N) is 1. The van der Waals surface area contributed by atoms with Gasteiger partial charge in [-0.05, 0) is 43.2 Å². The molecule has 2 aromatic carbocycles. The molecule has 0 saturated heterocycles. The highest BCUT2D eigenvalue weighted by molar-refractivity contribution is 7.94. The zero-order valence-corrected chi connectivity index (χ0v) is 19.1. The van der Waals surface area contributed by atoms with E-state index in [2.05, 4.69) is 15.5 Å². The summed E-state index contributed by atoms with van der Waals surface area (Å²) in [5, 5.41) is 10.6. The first-order chi connectivity index (χ1) is 14.9. The van der Waals surface area contributed by atoms with E-state index in [4.69, 9.17) is 4.74 Å². The first kappa shape index (κ1) is 22.7. The quantitative estimate of drug-likeness (QED) is 0.486. The van der Waals surface area contributed by atoms with Crippen LogP contribution in [-0.4, -0.2) is 38.2 Å². The second kappa shape index (κ2) is 9.88. The van der Waals surface area contributed by atoms with Crippen molar-refractivity contribution in [3.8, 4) is 5.75 Å². The van der Waals surface area contributed by atoms with Gasteiger partial charge in [0.1, 0.15) is 5.75 Å². The molecule has 1 atom stereocenters. The number of hydrogen-bond donors (Lipinski definition) is 1. The number of hydrogen-bond acceptors (Lipinski definition) is 7. The summed E-state index contributed by atoms with van der Waals surface area (Å²) in [5.41, 5.74) is 1.37. The van der Waals surface area contributed by atoms with Crippen LogP contribution in [0.1, 0.15) is 31.7 Å². The summed E-state index contributed by atoms with van der Waals surface area (Å²) in [6.07, 6.45) is 0.598. The van der Waals surface area contributed by atoms with Crippen LogP contribution in [0.4, 0.5) is 10.8 Å². The summed E-state index contributed by atoms with van der Waals surface area (Å²) in [7, 11) is -2.39. The van der Waals surface area contributed by atoms with E-state index >= 15 is 0 Å². The molecule has 1 unspecified atom stereocenters. The zero-order valence-electron chi connectivity index (χ0n) is 17.5. The van der Waals surface area contributed by atoms with Gasteiger partial charge in [-0.1, -0.05) is 48.6 Å². The Hall–Kier alpha value is -2.98. The van der Waals surface area contributed by atoms with Crippen LogP contribution in [0.3, 0.4) is 0 Å². The molecule has 31 heavy (non-hydrogen) atoms. The number of nitrogens with zero attached hydrogens (tertiary/aromatic N) is 3. The van der Waals surface area contributed by atoms with Crippen LogP contribution in [0.15, 0.2) is 58.9 Å². The molecule has 3 aromatic rings. The fourth-order valence-corrected chi connectivity index (χ4v) is 5.63. The molecule has 0 fully saturated rings. The van der Waals surface area contributed by atoms with Gasteiger partial charge < -0.3 is 4.74 Å². The Morgan fingerprint density at radius 2 is 1.77 bits per heavy atom. The predicted octanol–water partition coefficient (Wildman–Crippen LogP) is 3.89. The number of amides is 1. The third-order valence-corrected chi connectivity index (χ3v) is 7.81. The number of sulfonamides is 1. The van der Waals surface area contributed by atoms with Crippen LogP contribution < -0.4 is 14.4 Å². The maximum atomic E-state index is 13.1. The number of methoxy groups -OCH3 is 1. The Morgan fingerprint density at radius 3 is 2.35 bits per heavy atom. The van der Waals surface area contributed by atoms with Crippen molar-refractivity contribution in [2.45, 2.75) is 30.5 Å². The summed E-state index contributed by atoms with van der Waals surface area (Å²) in [5.74, 6) is 0.00917. The molecule has 1 amide bonds. The van der Waals surface area contributed by atoms with Crippen molar-refractivity contribution in [3.05, 3.63) is 60.2 Å². The monoisotopic (exact) mass is 460 g/mol. The van der Waals surface area contributed by atoms with E-state index in [9.17, 15) is 13.2 Å². The lowest BCUT2D eigenvalue weighted by Gasteiger charge is -2.21. The van der Waals surface area contributed by atoms with E-state index < -0.39 is 10.0 Å². The van der Waals surface area contributed by atoms with Crippen LogP contribution in [0.5, 0.6) is 5.75 Å². The van der Waals surface area contributed by atoms with Crippen LogP contribution in [-0.2, 0) is 14.8 Å². The van der Waals surface area contributed by atoms with Gasteiger partial charge in [-0.3, -0.25) is 14.4 Å². The summed E-state index contributed by atoms with van der Waals surface area (Å²) in [6, 6.07) is 16.1. The molecule has 164 valence electrons. The van der Waals surface area contributed by atoms with E-state index in [1.807, 2.05) is 37.3 Å². The predicted molar refractivity (Wildman–Crippen MR) is 121 cm³/mol. The van der Waals surface area contributed by atoms with Crippen molar-refractivity contribution < 1.29 is 17.9 Å². The van der Waals surface area contributed by atoms with Crippen LogP contribution in [0.2, 0.25) is 0 Å². The van der Waals surface area contributed by atoms with E-state index in [-0.39, 0.29) is 27.8 Å². The van der Waals surface area contributed by atoms with Crippen molar-refractivity contribution in [3.63, 3.8) is 0 Å². The molecule has 0 aliphatic heterocycles. The molecule has 1 aromatic heterocycles. The first-order valence-corrected chi connectivity index (χ1v) is 12.0. The van der Waals surface area contributed by atoms with E-state index in [1.54, 1.807) is 38.3 Å². The van der Waals surface area contributed by atoms with E-state index in [1.165, 1.54) is 4.31 Å². The third-order valence-electron chi connectivity index (χ3n) is 4.72. The summed E-state index contributed by atoms with van der Waals surface area (Å²) < 4.78 is 32.4. The minimum atomic E-state index is -3.93. The summed E-state index contributed by atoms with van der Waals surface area (Å²) in [6.45, 7) is 3.86. The summed E-state index contributed by atoms with van der Waals surface area (Å²) in [4.78, 5) is 12.7. The maximum Gasteiger partial charge on any atom is 0.293 e. The van der Waals surface area contributed by atoms with Gasteiger partial charge in [-0.15, -0.1) is 10.2 Å². The lowest BCUT2D eigenvalue weighted by molar-refractivity contribution is -0.117. The average Bonchev–Trinajstić information content (AvgIpc) is 3.25. The Bertz CT molecular complexity index is 1120. The first-order valence-electron chi connectivity index (χ1n) is 9.76. The normalized spacial score (nSPS) is 12.2. The molecular formula is C21H24N4O4S2. The van der Waals surface area contributed by atoms with Crippen molar-refractivity contribution >= 4 is 38.1 Å². The van der Waals surface area contributed by atoms with Crippen LogP contribution in [0.25, 0.3) is 0 Å². The topological polar surface area (TPSA) is 101 Å². The maximum absolute atomic E-state index is 13.1. The third kappa shape index (κ3) is 5.02. The Labute approximate surface area is 185 Å². The Balaban J connectivity index is 1.80. The van der Waals surface area contributed by atoms with Crippen LogP contribution in [0, 0.1) is 0 Å². The highest BCUT2D eigenvalue weighted by Gasteiger charge is 2.29. The molecule has 0 radical (unpaired) electrons. The minimum absolute atomic E-state index is 0.142. The van der Waals surface area contributed by atoms with E-state index in [0.29, 0.717) is 17.9 Å². The molecule has 10 heteroatoms. The van der Waals surface area contributed by atoms with E-state index in [0.717, 1.165) is 16.9 Å². The highest BCUT2D eigenvalue weighted by atomic mass is 32.2. The van der Waals surface area contributed by atoms with Crippen molar-refractivity contribution in [2.24, 2.45) is 0 Å². The molecular weight excluding hydrogens is 436 g/mol. The Kier molecular flexibility index (Phi) is 7.24. The molecule has 0 aliphatic carbocycles. The van der Waals surface area contributed by atoms with Gasteiger partial charge in [0.15, 0.2) is 0 Å². The van der Waals surface area contributed by atoms with Crippen molar-refractivity contribution in [1.29, 1.82) is 0 Å². The standard InChI is InChI=1S/C21H24N4O4S2/c1-4-18(15-9-7-6-8-10-15)19(26)22-20-23-24-21(30-20)31(27,28)25(5-2)16-11-13-17(29-3)14-12-16/h6-14,18H,4-5H2,1-3H3,(H,22,23,26). The molecule has 1 N–H and O–H groups in total. The van der Waals surface area contributed by atoms with Gasteiger partial charge in [0.05, 0.1) is 18.7 Å². The highest BCUT2D eigenvalue weighted by Crippen LogP contribution is 2.29. The van der Waals surface area contributed by atoms with Gasteiger partial charge in [0.2, 0.25) is 11.0 Å². The van der Waals surface area contributed by atoms with Gasteiger partial charge in [-0.25, -0.2) is 0 Å². The molecule has 0 bridgehead atoms. The number of aromatic nitrogens is 2. The SMILES string of the molecule is CCC(C(=O)Nc1nnc(S(=O)(=O)N(CC)c2ccc(OC)cc2)s1)c1ccccc1. The summed E-state index contributed by atoms with van der Waals surface area (Å²) >= 11 is 0.829. The molecule has 1 heterocycles. The minimum Gasteiger partial charge on any atom is -0.497 e. The van der Waals surface area contributed by atoms with Gasteiger partial charge in [0, 0.05) is 6.54 Å². The second-order valence-electron chi connectivity index (χ2n) is 6.60. The largest absolute Gasteiger partial charge is 0.497 e. The number of ether oxygens (including phenoxy) is 1. The lowest BCUT2D eigenvalue weighted by Crippen LogP contribution is -2.30. The average molecular weight is 461 g/mol. The van der Waals surface area contributed by atoms with Gasteiger partial charge in [0.25, 0.3) is 14.4 Å². The lowest BCUT2D eigenvalue weighted by atomic mass is 9.96. The number of anilines is 2. The fraction of sp³-hybridized carbons (Fsp3) is 0.286. The van der Waals surface area contributed by atoms with Gasteiger partial charge in [-0.2, -0.15) is 8.42 Å². The zero-order chi connectivity index (χ0) is 22.4. The van der Waals surface area contributed by atoms with Gasteiger partial charge >= 0.3 is 0 Å². The molecule has 0 spiro atoms. The van der Waals surface area contributed by atoms with Crippen molar-refractivity contribution in [1.82, 2.24) is 10.2 Å². The molecule has 0 aliphatic rings. The fourth-order valence-electron chi connectivity index (χ4n) is 3.15. The van der Waals surface area contributed by atoms with Crippen molar-refractivity contribution in [2.75, 3.05) is 23.3 Å². The molecule has 0 saturated carbocycles. The second-order valence-corrected chi connectivity index (χ2v) is 9.62. The smallest absolute Gasteiger partial charge is 0.293 e. The molecule has 8 nitrogen and oxygen atoms in total. The Morgan fingerprint density at radius 1 is 1.10 bits per heavy atom. The number of rotatable bonds is 9. The van der Waals surface area contributed by atoms with Crippen LogP contribution >= 0.6 is 11.3 Å². The number of carbonyl (C=O) groups excluding carboxylic acids is 1.